The van der Waals surface area contributed by atoms with E-state index in [2.05, 4.69) is 4.99 Å². The molecule has 1 amide bonds. The molecule has 184 valence electrons. The Labute approximate surface area is 214 Å². The summed E-state index contributed by atoms with van der Waals surface area (Å²) < 4.78 is 22.7. The molecule has 0 bridgehead atoms. The van der Waals surface area contributed by atoms with Crippen molar-refractivity contribution in [3.63, 3.8) is 0 Å². The number of carbonyl (C=O) groups excluding carboxylic acids is 1. The molecular formula is C28H26N2O5S. The highest BCUT2D eigenvalue weighted by Crippen LogP contribution is 2.36. The SMILES string of the molecule is CCOc1cc(/C=C2/SC(=Nc3ccc(C)cc3)N(C)C2=O)ccc1OCc1ccc2c(c1)OCO2. The molecule has 0 spiro atoms. The lowest BCUT2D eigenvalue weighted by atomic mass is 10.1. The second kappa shape index (κ2) is 10.4. The lowest BCUT2D eigenvalue weighted by Gasteiger charge is -2.13. The van der Waals surface area contributed by atoms with Gasteiger partial charge in [-0.2, -0.15) is 0 Å². The number of rotatable bonds is 7. The van der Waals surface area contributed by atoms with Crippen LogP contribution in [0.5, 0.6) is 23.0 Å². The number of amidine groups is 1. The molecule has 0 aliphatic carbocycles. The maximum atomic E-state index is 12.9. The summed E-state index contributed by atoms with van der Waals surface area (Å²) in [5.74, 6) is 2.61. The maximum Gasteiger partial charge on any atom is 0.266 e. The zero-order chi connectivity index (χ0) is 25.1. The van der Waals surface area contributed by atoms with E-state index >= 15 is 0 Å². The summed E-state index contributed by atoms with van der Waals surface area (Å²) in [4.78, 5) is 19.7. The molecule has 1 fully saturated rings. The number of hydrogen-bond donors (Lipinski definition) is 0. The third-order valence-corrected chi connectivity index (χ3v) is 6.72. The summed E-state index contributed by atoms with van der Waals surface area (Å²) in [6.45, 7) is 5.04. The van der Waals surface area contributed by atoms with Gasteiger partial charge in [-0.25, -0.2) is 4.99 Å². The normalized spacial score (nSPS) is 16.8. The minimum Gasteiger partial charge on any atom is -0.490 e. The number of thioether (sulfide) groups is 1. The number of benzene rings is 3. The smallest absolute Gasteiger partial charge is 0.266 e. The minimum atomic E-state index is -0.0908. The van der Waals surface area contributed by atoms with Gasteiger partial charge < -0.3 is 18.9 Å². The van der Waals surface area contributed by atoms with E-state index in [1.807, 2.05) is 80.6 Å². The van der Waals surface area contributed by atoms with Crippen molar-refractivity contribution in [1.29, 1.82) is 0 Å². The Balaban J connectivity index is 1.33. The average molecular weight is 503 g/mol. The highest BCUT2D eigenvalue weighted by atomic mass is 32.2. The number of nitrogens with zero attached hydrogens (tertiary/aromatic N) is 2. The Morgan fingerprint density at radius 1 is 1.00 bits per heavy atom. The second-order valence-electron chi connectivity index (χ2n) is 8.32. The first kappa shape index (κ1) is 23.8. The van der Waals surface area contributed by atoms with E-state index in [4.69, 9.17) is 18.9 Å². The lowest BCUT2D eigenvalue weighted by molar-refractivity contribution is -0.121. The van der Waals surface area contributed by atoms with Gasteiger partial charge in [0.25, 0.3) is 5.91 Å². The fourth-order valence-electron chi connectivity index (χ4n) is 3.73. The molecule has 3 aromatic rings. The Hall–Kier alpha value is -3.91. The van der Waals surface area contributed by atoms with Gasteiger partial charge in [-0.1, -0.05) is 29.8 Å². The topological polar surface area (TPSA) is 69.6 Å². The van der Waals surface area contributed by atoms with Crippen LogP contribution in [0.3, 0.4) is 0 Å². The van der Waals surface area contributed by atoms with E-state index < -0.39 is 0 Å². The summed E-state index contributed by atoms with van der Waals surface area (Å²) in [7, 11) is 1.74. The number of likely N-dealkylation sites (N-methyl/N-ethyl adjacent to an activating group) is 1. The summed E-state index contributed by atoms with van der Waals surface area (Å²) in [5.41, 5.74) is 3.78. The Kier molecular flexibility index (Phi) is 6.86. The van der Waals surface area contributed by atoms with Gasteiger partial charge in [0.05, 0.1) is 17.2 Å². The Morgan fingerprint density at radius 2 is 1.81 bits per heavy atom. The van der Waals surface area contributed by atoms with Crippen LogP contribution >= 0.6 is 11.8 Å². The minimum absolute atomic E-state index is 0.0908. The molecule has 2 aliphatic rings. The van der Waals surface area contributed by atoms with E-state index in [0.29, 0.717) is 34.8 Å². The van der Waals surface area contributed by atoms with Crippen LogP contribution in [-0.4, -0.2) is 36.4 Å². The number of ether oxygens (including phenoxy) is 4. The van der Waals surface area contributed by atoms with Gasteiger partial charge >= 0.3 is 0 Å². The molecular weight excluding hydrogens is 476 g/mol. The predicted molar refractivity (Wildman–Crippen MR) is 141 cm³/mol. The molecule has 0 atom stereocenters. The van der Waals surface area contributed by atoms with Crippen molar-refractivity contribution in [2.24, 2.45) is 4.99 Å². The van der Waals surface area contributed by atoms with Crippen molar-refractivity contribution in [1.82, 2.24) is 4.90 Å². The van der Waals surface area contributed by atoms with Crippen LogP contribution in [0.4, 0.5) is 5.69 Å². The molecule has 3 aromatic carbocycles. The first-order chi connectivity index (χ1) is 17.5. The van der Waals surface area contributed by atoms with E-state index in [9.17, 15) is 4.79 Å². The molecule has 0 saturated carbocycles. The quantitative estimate of drug-likeness (QED) is 0.373. The van der Waals surface area contributed by atoms with Crippen molar-refractivity contribution in [3.8, 4) is 23.0 Å². The average Bonchev–Trinajstić information content (AvgIpc) is 3.45. The van der Waals surface area contributed by atoms with Gasteiger partial charge in [0, 0.05) is 7.05 Å². The van der Waals surface area contributed by atoms with Crippen molar-refractivity contribution in [2.75, 3.05) is 20.4 Å². The highest BCUT2D eigenvalue weighted by molar-refractivity contribution is 8.18. The van der Waals surface area contributed by atoms with Crippen LogP contribution in [0, 0.1) is 6.92 Å². The number of aryl methyl sites for hydroxylation is 1. The third-order valence-electron chi connectivity index (χ3n) is 5.66. The molecule has 2 aliphatic heterocycles. The van der Waals surface area contributed by atoms with E-state index in [0.717, 1.165) is 33.9 Å². The first-order valence-electron chi connectivity index (χ1n) is 11.6. The summed E-state index contributed by atoms with van der Waals surface area (Å²) in [6.07, 6.45) is 1.85. The fraction of sp³-hybridized carbons (Fsp3) is 0.214. The number of fused-ring (bicyclic) bond motifs is 1. The monoisotopic (exact) mass is 502 g/mol. The molecule has 0 radical (unpaired) electrons. The first-order valence-corrected chi connectivity index (χ1v) is 12.4. The van der Waals surface area contributed by atoms with Gasteiger partial charge in [-0.3, -0.25) is 9.69 Å². The third kappa shape index (κ3) is 5.18. The van der Waals surface area contributed by atoms with Crippen LogP contribution in [0.1, 0.15) is 23.6 Å². The summed E-state index contributed by atoms with van der Waals surface area (Å²) in [5, 5.41) is 0.642. The van der Waals surface area contributed by atoms with Crippen LogP contribution in [0.25, 0.3) is 6.08 Å². The van der Waals surface area contributed by atoms with E-state index in [-0.39, 0.29) is 12.7 Å². The zero-order valence-corrected chi connectivity index (χ0v) is 21.1. The van der Waals surface area contributed by atoms with Crippen LogP contribution in [0.2, 0.25) is 0 Å². The highest BCUT2D eigenvalue weighted by Gasteiger charge is 2.30. The van der Waals surface area contributed by atoms with Gasteiger partial charge in [0.2, 0.25) is 6.79 Å². The molecule has 1 saturated heterocycles. The summed E-state index contributed by atoms with van der Waals surface area (Å²) >= 11 is 1.35. The molecule has 36 heavy (non-hydrogen) atoms. The molecule has 0 aromatic heterocycles. The molecule has 0 N–H and O–H groups in total. The number of carbonyl (C=O) groups is 1. The fourth-order valence-corrected chi connectivity index (χ4v) is 4.71. The molecule has 8 heteroatoms. The van der Waals surface area contributed by atoms with Crippen molar-refractivity contribution >= 4 is 34.6 Å². The van der Waals surface area contributed by atoms with Gasteiger partial charge in [0.1, 0.15) is 6.61 Å². The second-order valence-corrected chi connectivity index (χ2v) is 9.33. The lowest BCUT2D eigenvalue weighted by Crippen LogP contribution is -2.23. The zero-order valence-electron chi connectivity index (χ0n) is 20.3. The van der Waals surface area contributed by atoms with Gasteiger partial charge in [-0.05, 0) is 79.2 Å². The van der Waals surface area contributed by atoms with Crippen LogP contribution in [-0.2, 0) is 11.4 Å². The van der Waals surface area contributed by atoms with Crippen LogP contribution in [0.15, 0.2) is 70.6 Å². The van der Waals surface area contributed by atoms with E-state index in [1.165, 1.54) is 11.8 Å². The van der Waals surface area contributed by atoms with E-state index in [1.54, 1.807) is 11.9 Å². The summed E-state index contributed by atoms with van der Waals surface area (Å²) in [6, 6.07) is 19.3. The maximum absolute atomic E-state index is 12.9. The standard InChI is InChI=1S/C28H26N2O5S/c1-4-32-24-13-19(7-11-22(24)33-16-20-8-12-23-25(14-20)35-17-34-23)15-26-27(31)30(3)28(36-26)29-21-9-5-18(2)6-10-21/h5-15H,4,16-17H2,1-3H3/b26-15+,29-28?. The van der Waals surface area contributed by atoms with Gasteiger partial charge in [0.15, 0.2) is 28.2 Å². The van der Waals surface area contributed by atoms with Crippen LogP contribution < -0.4 is 18.9 Å². The Morgan fingerprint density at radius 3 is 2.61 bits per heavy atom. The molecule has 2 heterocycles. The van der Waals surface area contributed by atoms with Crippen molar-refractivity contribution < 1.29 is 23.7 Å². The molecule has 5 rings (SSSR count). The number of aliphatic imine (C=N–C) groups is 1. The van der Waals surface area contributed by atoms with Crippen molar-refractivity contribution in [2.45, 2.75) is 20.5 Å². The Bertz CT molecular complexity index is 1350. The van der Waals surface area contributed by atoms with Gasteiger partial charge in [-0.15, -0.1) is 0 Å². The largest absolute Gasteiger partial charge is 0.490 e. The van der Waals surface area contributed by atoms with Crippen molar-refractivity contribution in [3.05, 3.63) is 82.3 Å². The molecule has 7 nitrogen and oxygen atoms in total. The number of hydrogen-bond acceptors (Lipinski definition) is 7. The predicted octanol–water partition coefficient (Wildman–Crippen LogP) is 5.94. The molecule has 0 unspecified atom stereocenters. The number of amides is 1.